The molecule has 1 aliphatic rings. The molecule has 4 heteroatoms. The summed E-state index contributed by atoms with van der Waals surface area (Å²) in [5, 5.41) is 3.30. The van der Waals surface area contributed by atoms with E-state index in [4.69, 9.17) is 4.74 Å². The first-order valence-electron chi connectivity index (χ1n) is 5.44. The summed E-state index contributed by atoms with van der Waals surface area (Å²) in [6.45, 7) is 4.04. The van der Waals surface area contributed by atoms with Crippen LogP contribution < -0.4 is 10.1 Å². The molecule has 1 aromatic rings. The predicted molar refractivity (Wildman–Crippen MR) is 65.2 cm³/mol. The number of rotatable bonds is 2. The smallest absolute Gasteiger partial charge is 0.134 e. The molecule has 0 amide bonds. The predicted octanol–water partition coefficient (Wildman–Crippen LogP) is 3.11. The van der Waals surface area contributed by atoms with Crippen molar-refractivity contribution < 1.29 is 9.13 Å². The van der Waals surface area contributed by atoms with Crippen molar-refractivity contribution in [2.75, 3.05) is 13.1 Å². The molecule has 2 rings (SSSR count). The zero-order valence-electron chi connectivity index (χ0n) is 9.22. The van der Waals surface area contributed by atoms with Crippen LogP contribution in [-0.2, 0) is 0 Å². The van der Waals surface area contributed by atoms with E-state index in [-0.39, 0.29) is 11.4 Å². The molecule has 88 valence electrons. The fraction of sp³-hybridized carbons (Fsp3) is 0.500. The van der Waals surface area contributed by atoms with E-state index >= 15 is 0 Å². The third-order valence-corrected chi connectivity index (χ3v) is 3.53. The van der Waals surface area contributed by atoms with Crippen molar-refractivity contribution in [3.63, 3.8) is 0 Å². The van der Waals surface area contributed by atoms with E-state index in [2.05, 4.69) is 28.2 Å². The van der Waals surface area contributed by atoms with Gasteiger partial charge in [-0.25, -0.2) is 4.39 Å². The Morgan fingerprint density at radius 2 is 2.06 bits per heavy atom. The molecule has 0 spiro atoms. The van der Waals surface area contributed by atoms with Crippen LogP contribution >= 0.6 is 15.9 Å². The van der Waals surface area contributed by atoms with Gasteiger partial charge in [0.05, 0.1) is 4.47 Å². The Labute approximate surface area is 103 Å². The Kier molecular flexibility index (Phi) is 3.50. The van der Waals surface area contributed by atoms with Gasteiger partial charge in [-0.1, -0.05) is 0 Å². The van der Waals surface area contributed by atoms with Gasteiger partial charge in [-0.15, -0.1) is 0 Å². The van der Waals surface area contributed by atoms with Crippen LogP contribution in [0, 0.1) is 5.82 Å². The van der Waals surface area contributed by atoms with Crippen LogP contribution in [0.5, 0.6) is 5.75 Å². The second-order valence-corrected chi connectivity index (χ2v) is 5.23. The summed E-state index contributed by atoms with van der Waals surface area (Å²) in [7, 11) is 0. The van der Waals surface area contributed by atoms with Crippen LogP contribution in [0.3, 0.4) is 0 Å². The minimum atomic E-state index is -0.255. The molecule has 0 bridgehead atoms. The van der Waals surface area contributed by atoms with E-state index in [1.54, 1.807) is 6.07 Å². The van der Waals surface area contributed by atoms with Gasteiger partial charge >= 0.3 is 0 Å². The molecule has 0 saturated carbocycles. The monoisotopic (exact) mass is 287 g/mol. The summed E-state index contributed by atoms with van der Waals surface area (Å²) >= 11 is 3.32. The molecule has 16 heavy (non-hydrogen) atoms. The lowest BCUT2D eigenvalue weighted by Crippen LogP contribution is -2.43. The highest BCUT2D eigenvalue weighted by molar-refractivity contribution is 9.10. The number of hydrogen-bond donors (Lipinski definition) is 1. The summed E-state index contributed by atoms with van der Waals surface area (Å²) < 4.78 is 19.6. The Hall–Kier alpha value is -0.610. The van der Waals surface area contributed by atoms with Gasteiger partial charge in [0.15, 0.2) is 0 Å². The zero-order chi connectivity index (χ0) is 11.6. The Morgan fingerprint density at radius 1 is 1.38 bits per heavy atom. The van der Waals surface area contributed by atoms with E-state index < -0.39 is 0 Å². The van der Waals surface area contributed by atoms with Gasteiger partial charge in [-0.3, -0.25) is 0 Å². The third-order valence-electron chi connectivity index (χ3n) is 2.91. The van der Waals surface area contributed by atoms with Crippen molar-refractivity contribution in [1.29, 1.82) is 0 Å². The van der Waals surface area contributed by atoms with Gasteiger partial charge in [0, 0.05) is 0 Å². The largest absolute Gasteiger partial charge is 0.486 e. The highest BCUT2D eigenvalue weighted by Crippen LogP contribution is 2.32. The van der Waals surface area contributed by atoms with Crippen molar-refractivity contribution in [1.82, 2.24) is 5.32 Å². The molecule has 0 radical (unpaired) electrons. The van der Waals surface area contributed by atoms with Gasteiger partial charge in [-0.2, -0.15) is 0 Å². The topological polar surface area (TPSA) is 21.3 Å². The minimum Gasteiger partial charge on any atom is -0.486 e. The summed E-state index contributed by atoms with van der Waals surface area (Å²) in [6, 6.07) is 4.52. The Bertz CT molecular complexity index is 377. The maximum Gasteiger partial charge on any atom is 0.134 e. The molecule has 1 fully saturated rings. The quantitative estimate of drug-likeness (QED) is 0.903. The molecular formula is C12H15BrFNO. The highest BCUT2D eigenvalue weighted by Gasteiger charge is 2.29. The van der Waals surface area contributed by atoms with E-state index in [1.807, 2.05) is 0 Å². The maximum atomic E-state index is 12.9. The van der Waals surface area contributed by atoms with Crippen LogP contribution in [0.4, 0.5) is 4.39 Å². The van der Waals surface area contributed by atoms with Crippen LogP contribution in [0.15, 0.2) is 22.7 Å². The average Bonchev–Trinajstić information content (AvgIpc) is 2.23. The van der Waals surface area contributed by atoms with E-state index in [0.29, 0.717) is 10.2 Å². The van der Waals surface area contributed by atoms with Crippen LogP contribution in [0.25, 0.3) is 0 Å². The van der Waals surface area contributed by atoms with E-state index in [9.17, 15) is 4.39 Å². The molecule has 0 aliphatic carbocycles. The number of halogens is 2. The van der Waals surface area contributed by atoms with Gasteiger partial charge in [0.1, 0.15) is 17.2 Å². The Balaban J connectivity index is 2.13. The first-order valence-corrected chi connectivity index (χ1v) is 6.23. The number of ether oxygens (including phenoxy) is 1. The standard InChI is InChI=1S/C12H15BrFNO/c1-12(4-6-15-7-5-12)16-11-3-2-9(14)8-10(11)13/h2-3,8,15H,4-7H2,1H3. The second-order valence-electron chi connectivity index (χ2n) is 4.38. The molecule has 1 N–H and O–H groups in total. The number of hydrogen-bond acceptors (Lipinski definition) is 2. The van der Waals surface area contributed by atoms with Crippen molar-refractivity contribution in [2.24, 2.45) is 0 Å². The van der Waals surface area contributed by atoms with Crippen molar-refractivity contribution >= 4 is 15.9 Å². The SMILES string of the molecule is CC1(Oc2ccc(F)cc2Br)CCNCC1. The summed E-state index contributed by atoms with van der Waals surface area (Å²) in [6.07, 6.45) is 1.94. The first kappa shape index (κ1) is 11.9. The van der Waals surface area contributed by atoms with E-state index in [1.165, 1.54) is 12.1 Å². The molecule has 1 aliphatic heterocycles. The molecular weight excluding hydrogens is 273 g/mol. The lowest BCUT2D eigenvalue weighted by atomic mass is 9.94. The summed E-state index contributed by atoms with van der Waals surface area (Å²) in [5.74, 6) is 0.459. The van der Waals surface area contributed by atoms with Gasteiger partial charge in [-0.05, 0) is 67.0 Å². The average molecular weight is 288 g/mol. The molecule has 1 heterocycles. The minimum absolute atomic E-state index is 0.147. The second kappa shape index (κ2) is 4.72. The van der Waals surface area contributed by atoms with Crippen LogP contribution in [0.2, 0.25) is 0 Å². The van der Waals surface area contributed by atoms with Gasteiger partial charge in [0.2, 0.25) is 0 Å². The van der Waals surface area contributed by atoms with Gasteiger partial charge in [0.25, 0.3) is 0 Å². The third kappa shape index (κ3) is 2.74. The molecule has 2 nitrogen and oxygen atoms in total. The lowest BCUT2D eigenvalue weighted by Gasteiger charge is -2.35. The summed E-state index contributed by atoms with van der Waals surface area (Å²) in [4.78, 5) is 0. The van der Waals surface area contributed by atoms with Crippen molar-refractivity contribution in [3.8, 4) is 5.75 Å². The van der Waals surface area contributed by atoms with Crippen molar-refractivity contribution in [3.05, 3.63) is 28.5 Å². The Morgan fingerprint density at radius 3 is 2.69 bits per heavy atom. The highest BCUT2D eigenvalue weighted by atomic mass is 79.9. The van der Waals surface area contributed by atoms with Crippen LogP contribution in [0.1, 0.15) is 19.8 Å². The first-order chi connectivity index (χ1) is 7.59. The van der Waals surface area contributed by atoms with E-state index in [0.717, 1.165) is 25.9 Å². The fourth-order valence-electron chi connectivity index (χ4n) is 1.88. The van der Waals surface area contributed by atoms with Crippen molar-refractivity contribution in [2.45, 2.75) is 25.4 Å². The van der Waals surface area contributed by atoms with Gasteiger partial charge < -0.3 is 10.1 Å². The normalized spacial score (nSPS) is 19.4. The maximum absolute atomic E-state index is 12.9. The number of nitrogens with one attached hydrogen (secondary N) is 1. The lowest BCUT2D eigenvalue weighted by molar-refractivity contribution is 0.0547. The summed E-state index contributed by atoms with van der Waals surface area (Å²) in [5.41, 5.74) is -0.147. The zero-order valence-corrected chi connectivity index (χ0v) is 10.8. The molecule has 1 saturated heterocycles. The number of piperidine rings is 1. The number of benzene rings is 1. The molecule has 0 aromatic heterocycles. The fourth-order valence-corrected chi connectivity index (χ4v) is 2.31. The molecule has 0 unspecified atom stereocenters. The van der Waals surface area contributed by atoms with Crippen LogP contribution in [-0.4, -0.2) is 18.7 Å². The molecule has 1 aromatic carbocycles. The molecule has 0 atom stereocenters.